The van der Waals surface area contributed by atoms with E-state index in [2.05, 4.69) is 14.2 Å². The molecule has 0 fully saturated rings. The Labute approximate surface area is 71.8 Å². The Bertz CT molecular complexity index is 115. The summed E-state index contributed by atoms with van der Waals surface area (Å²) in [5.74, 6) is 0. The van der Waals surface area contributed by atoms with Crippen molar-refractivity contribution in [3.8, 4) is 6.26 Å². The number of nitrogens with one attached hydrogen (secondary N) is 1. The molecule has 6 nitrogen and oxygen atoms in total. The van der Waals surface area contributed by atoms with Gasteiger partial charge in [-0.3, -0.25) is 0 Å². The molecule has 0 aliphatic heterocycles. The van der Waals surface area contributed by atoms with Crippen molar-refractivity contribution < 1.29 is 19.3 Å². The number of aliphatic hydroxyl groups is 1. The zero-order valence-electron chi connectivity index (χ0n) is 7.62. The molecule has 0 saturated carbocycles. The van der Waals surface area contributed by atoms with Gasteiger partial charge in [-0.25, -0.2) is 5.41 Å². The summed E-state index contributed by atoms with van der Waals surface area (Å²) in [5, 5.41) is 20.9. The lowest BCUT2D eigenvalue weighted by atomic mass is 11.2. The highest BCUT2D eigenvalue weighted by atomic mass is 16.7. The molecule has 72 valence electrons. The van der Waals surface area contributed by atoms with Crippen LogP contribution >= 0.6 is 0 Å². The fraction of sp³-hybridized carbons (Fsp3) is 0.667. The molecule has 0 saturated heterocycles. The van der Waals surface area contributed by atoms with Gasteiger partial charge in [0.1, 0.15) is 0 Å². The van der Waals surface area contributed by atoms with E-state index in [0.717, 1.165) is 7.11 Å². The van der Waals surface area contributed by atoms with Crippen LogP contribution in [0.3, 0.4) is 0 Å². The monoisotopic (exact) mass is 178 g/mol. The van der Waals surface area contributed by atoms with E-state index in [-0.39, 0.29) is 6.08 Å². The highest BCUT2D eigenvalue weighted by molar-refractivity contribution is 5.62. The molecule has 0 rings (SSSR count). The van der Waals surface area contributed by atoms with E-state index in [1.165, 1.54) is 27.6 Å². The van der Waals surface area contributed by atoms with Gasteiger partial charge in [-0.2, -0.15) is 5.26 Å². The second-order valence-corrected chi connectivity index (χ2v) is 0.991. The molecule has 0 aromatic heterocycles. The normalized spacial score (nSPS) is 5.33. The van der Waals surface area contributed by atoms with E-state index >= 15 is 0 Å². The molecule has 0 aromatic rings. The topological polar surface area (TPSA) is 95.6 Å². The molecule has 0 spiro atoms. The summed E-state index contributed by atoms with van der Waals surface area (Å²) in [6.07, 6.45) is 1.27. The Morgan fingerprint density at radius 1 is 1.25 bits per heavy atom. The Balaban J connectivity index is -0.000000118. The van der Waals surface area contributed by atoms with Gasteiger partial charge in [0.25, 0.3) is 6.26 Å². The fourth-order valence-corrected chi connectivity index (χ4v) is 0.0833. The van der Waals surface area contributed by atoms with Crippen LogP contribution in [0.1, 0.15) is 0 Å². The van der Waals surface area contributed by atoms with Crippen LogP contribution in [-0.4, -0.2) is 39.6 Å². The number of nitrogens with zero attached hydrogens (tertiary/aromatic N) is 1. The van der Waals surface area contributed by atoms with Gasteiger partial charge in [0.15, 0.2) is 0 Å². The third-order valence-corrected chi connectivity index (χ3v) is 0.462. The SMILES string of the molecule is CO.COC#N.COC(=N)OC. The number of rotatable bonds is 0. The highest BCUT2D eigenvalue weighted by Crippen LogP contribution is 1.68. The first kappa shape index (κ1) is 16.9. The minimum absolute atomic E-state index is 0.157. The van der Waals surface area contributed by atoms with Crippen molar-refractivity contribution in [3.05, 3.63) is 0 Å². The number of hydrogen-bond acceptors (Lipinski definition) is 6. The van der Waals surface area contributed by atoms with Gasteiger partial charge < -0.3 is 19.3 Å². The predicted octanol–water partition coefficient (Wildman–Crippen LogP) is -0.0636. The molecule has 0 aliphatic rings. The summed E-state index contributed by atoms with van der Waals surface area (Å²) in [6, 6.07) is 0. The average Bonchev–Trinajstić information content (AvgIpc) is 2.20. The Hall–Kier alpha value is -1.48. The van der Waals surface area contributed by atoms with Crippen LogP contribution in [0.15, 0.2) is 0 Å². The minimum Gasteiger partial charge on any atom is -0.454 e. The highest BCUT2D eigenvalue weighted by Gasteiger charge is 1.81. The van der Waals surface area contributed by atoms with Gasteiger partial charge in [0, 0.05) is 7.11 Å². The number of nitriles is 1. The van der Waals surface area contributed by atoms with Gasteiger partial charge in [0.2, 0.25) is 0 Å². The lowest BCUT2D eigenvalue weighted by Gasteiger charge is -1.94. The van der Waals surface area contributed by atoms with E-state index in [1.807, 2.05) is 0 Å². The van der Waals surface area contributed by atoms with Crippen LogP contribution in [-0.2, 0) is 14.2 Å². The van der Waals surface area contributed by atoms with Crippen molar-refractivity contribution in [2.24, 2.45) is 0 Å². The average molecular weight is 178 g/mol. The quantitative estimate of drug-likeness (QED) is 0.307. The maximum atomic E-state index is 7.40. The van der Waals surface area contributed by atoms with Gasteiger partial charge >= 0.3 is 6.08 Å². The van der Waals surface area contributed by atoms with Crippen molar-refractivity contribution in [2.45, 2.75) is 0 Å². The summed E-state index contributed by atoms with van der Waals surface area (Å²) in [6.45, 7) is 0. The number of aliphatic hydroxyl groups excluding tert-OH is 1. The standard InChI is InChI=1S/C3H7NO2.C2H3NO.CH4O/c1-5-3(4)6-2;1-4-2-3;1-2/h4H,1-2H3;1H3;2H,1H3. The third kappa shape index (κ3) is 38.9. The molecule has 0 unspecified atom stereocenters. The summed E-state index contributed by atoms with van der Waals surface area (Å²) in [4.78, 5) is 0. The largest absolute Gasteiger partial charge is 0.454 e. The van der Waals surface area contributed by atoms with E-state index in [1.54, 1.807) is 0 Å². The molecule has 0 aliphatic carbocycles. The van der Waals surface area contributed by atoms with Crippen LogP contribution in [0.4, 0.5) is 0 Å². The van der Waals surface area contributed by atoms with E-state index < -0.39 is 0 Å². The molecule has 2 N–H and O–H groups in total. The van der Waals surface area contributed by atoms with Crippen molar-refractivity contribution in [1.82, 2.24) is 0 Å². The predicted molar refractivity (Wildman–Crippen MR) is 42.5 cm³/mol. The van der Waals surface area contributed by atoms with Crippen molar-refractivity contribution >= 4 is 6.08 Å². The summed E-state index contributed by atoms with van der Waals surface area (Å²) in [5.41, 5.74) is 0. The first-order valence-electron chi connectivity index (χ1n) is 2.76. The molecule has 6 heteroatoms. The molecule has 0 atom stereocenters. The van der Waals surface area contributed by atoms with Crippen LogP contribution in [0.25, 0.3) is 0 Å². The van der Waals surface area contributed by atoms with Gasteiger partial charge in [-0.05, 0) is 0 Å². The molecule has 0 aromatic carbocycles. The van der Waals surface area contributed by atoms with Crippen LogP contribution in [0.5, 0.6) is 0 Å². The minimum atomic E-state index is -0.157. The van der Waals surface area contributed by atoms with Crippen molar-refractivity contribution in [3.63, 3.8) is 0 Å². The molecule has 0 amide bonds. The first-order valence-corrected chi connectivity index (χ1v) is 2.76. The number of ether oxygens (including phenoxy) is 3. The molecule has 0 bridgehead atoms. The van der Waals surface area contributed by atoms with E-state index in [0.29, 0.717) is 0 Å². The van der Waals surface area contributed by atoms with Crippen molar-refractivity contribution in [2.75, 3.05) is 28.4 Å². The zero-order chi connectivity index (χ0) is 10.4. The maximum Gasteiger partial charge on any atom is 0.379 e. The molecule has 0 heterocycles. The zero-order valence-corrected chi connectivity index (χ0v) is 7.62. The molecular weight excluding hydrogens is 164 g/mol. The van der Waals surface area contributed by atoms with Crippen LogP contribution in [0, 0.1) is 16.9 Å². The van der Waals surface area contributed by atoms with Gasteiger partial charge in [0.05, 0.1) is 21.3 Å². The van der Waals surface area contributed by atoms with E-state index in [4.69, 9.17) is 15.8 Å². The lowest BCUT2D eigenvalue weighted by molar-refractivity contribution is 0.238. The Morgan fingerprint density at radius 3 is 1.50 bits per heavy atom. The van der Waals surface area contributed by atoms with Crippen LogP contribution < -0.4 is 0 Å². The van der Waals surface area contributed by atoms with Gasteiger partial charge in [-0.15, -0.1) is 0 Å². The second kappa shape index (κ2) is 22.7. The molecule has 0 radical (unpaired) electrons. The summed E-state index contributed by atoms with van der Waals surface area (Å²) >= 11 is 0. The first-order chi connectivity index (χ1) is 5.72. The fourth-order valence-electron chi connectivity index (χ4n) is 0.0833. The van der Waals surface area contributed by atoms with E-state index in [9.17, 15) is 0 Å². The summed E-state index contributed by atoms with van der Waals surface area (Å²) in [7, 11) is 5.08. The van der Waals surface area contributed by atoms with Gasteiger partial charge in [-0.1, -0.05) is 0 Å². The second-order valence-electron chi connectivity index (χ2n) is 0.991. The number of methoxy groups -OCH3 is 3. The molecule has 12 heavy (non-hydrogen) atoms. The van der Waals surface area contributed by atoms with Crippen molar-refractivity contribution in [1.29, 1.82) is 10.7 Å². The third-order valence-electron chi connectivity index (χ3n) is 0.462. The summed E-state index contributed by atoms with van der Waals surface area (Å²) < 4.78 is 12.4. The lowest BCUT2D eigenvalue weighted by Crippen LogP contribution is -1.99. The molecular formula is C6H14N2O4. The Morgan fingerprint density at radius 2 is 1.50 bits per heavy atom. The van der Waals surface area contributed by atoms with Crippen LogP contribution in [0.2, 0.25) is 0 Å². The smallest absolute Gasteiger partial charge is 0.379 e. The number of hydrogen-bond donors (Lipinski definition) is 2. The maximum absolute atomic E-state index is 7.40. The Kier molecular flexibility index (Phi) is 31.9.